The maximum absolute atomic E-state index is 12.6. The zero-order chi connectivity index (χ0) is 20.4. The van der Waals surface area contributed by atoms with Crippen molar-refractivity contribution >= 4 is 21.6 Å². The molecule has 1 heterocycles. The highest BCUT2D eigenvalue weighted by Gasteiger charge is 2.32. The number of para-hydroxylation sites is 1. The Hall–Kier alpha value is -3.16. The first-order valence-electron chi connectivity index (χ1n) is 9.24. The van der Waals surface area contributed by atoms with Crippen molar-refractivity contribution in [3.05, 3.63) is 83.9 Å². The van der Waals surface area contributed by atoms with Crippen LogP contribution in [0.5, 0.6) is 0 Å². The van der Waals surface area contributed by atoms with Crippen LogP contribution in [-0.2, 0) is 21.4 Å². The summed E-state index contributed by atoms with van der Waals surface area (Å²) in [6, 6.07) is 22.6. The molecule has 0 aromatic heterocycles. The number of aryl methyl sites for hydroxylation is 1. The van der Waals surface area contributed by atoms with E-state index in [1.54, 1.807) is 18.2 Å². The van der Waals surface area contributed by atoms with E-state index in [0.717, 1.165) is 16.7 Å². The lowest BCUT2D eigenvalue weighted by Crippen LogP contribution is -2.53. The van der Waals surface area contributed by atoms with Gasteiger partial charge in [-0.05, 0) is 41.8 Å². The minimum absolute atomic E-state index is 0.134. The number of carbonyl (C=O) groups excluding carboxylic acids is 1. The largest absolute Gasteiger partial charge is 0.360 e. The molecule has 0 bridgehead atoms. The van der Waals surface area contributed by atoms with Crippen LogP contribution in [0.25, 0.3) is 11.1 Å². The van der Waals surface area contributed by atoms with E-state index in [1.807, 2.05) is 49.4 Å². The van der Waals surface area contributed by atoms with E-state index in [-0.39, 0.29) is 4.90 Å². The van der Waals surface area contributed by atoms with Crippen LogP contribution in [0.2, 0.25) is 0 Å². The SMILES string of the molecule is Cc1cccc(-c2cccc(CNC(=O)C3Nc4ccccc4S(=O)(=O)N3)c2)c1. The number of fused-ring (bicyclic) bond motifs is 1. The molecule has 1 aliphatic heterocycles. The number of sulfonamides is 1. The Morgan fingerprint density at radius 3 is 2.48 bits per heavy atom. The van der Waals surface area contributed by atoms with Gasteiger partial charge in [0.25, 0.3) is 5.91 Å². The molecule has 0 spiro atoms. The molecule has 7 heteroatoms. The van der Waals surface area contributed by atoms with Crippen molar-refractivity contribution in [3.63, 3.8) is 0 Å². The molecule has 0 saturated carbocycles. The molecule has 4 rings (SSSR count). The Bertz CT molecular complexity index is 1180. The molecule has 3 N–H and O–H groups in total. The van der Waals surface area contributed by atoms with E-state index in [9.17, 15) is 13.2 Å². The molecular weight excluding hydrogens is 386 g/mol. The number of hydrogen-bond donors (Lipinski definition) is 3. The Morgan fingerprint density at radius 2 is 1.69 bits per heavy atom. The van der Waals surface area contributed by atoms with E-state index >= 15 is 0 Å². The minimum atomic E-state index is -3.74. The Kier molecular flexibility index (Phi) is 5.08. The Morgan fingerprint density at radius 1 is 0.966 bits per heavy atom. The number of nitrogens with one attached hydrogen (secondary N) is 3. The zero-order valence-electron chi connectivity index (χ0n) is 15.8. The zero-order valence-corrected chi connectivity index (χ0v) is 16.7. The third kappa shape index (κ3) is 4.16. The molecule has 29 heavy (non-hydrogen) atoms. The fraction of sp³-hybridized carbons (Fsp3) is 0.136. The first-order chi connectivity index (χ1) is 13.9. The summed E-state index contributed by atoms with van der Waals surface area (Å²) in [5.74, 6) is -0.441. The van der Waals surface area contributed by atoms with E-state index < -0.39 is 22.1 Å². The third-order valence-electron chi connectivity index (χ3n) is 4.76. The molecule has 148 valence electrons. The van der Waals surface area contributed by atoms with Crippen molar-refractivity contribution in [2.24, 2.45) is 0 Å². The predicted molar refractivity (Wildman–Crippen MR) is 113 cm³/mol. The van der Waals surface area contributed by atoms with Gasteiger partial charge in [-0.15, -0.1) is 0 Å². The van der Waals surface area contributed by atoms with Crippen LogP contribution in [0.3, 0.4) is 0 Å². The van der Waals surface area contributed by atoms with Crippen LogP contribution in [0.4, 0.5) is 5.69 Å². The van der Waals surface area contributed by atoms with Gasteiger partial charge in [0.2, 0.25) is 10.0 Å². The van der Waals surface area contributed by atoms with E-state index in [0.29, 0.717) is 12.2 Å². The number of hydrogen-bond acceptors (Lipinski definition) is 4. The molecule has 1 amide bonds. The predicted octanol–water partition coefficient (Wildman–Crippen LogP) is 3.01. The second kappa shape index (κ2) is 7.69. The van der Waals surface area contributed by atoms with E-state index in [2.05, 4.69) is 21.4 Å². The average Bonchev–Trinajstić information content (AvgIpc) is 2.72. The number of rotatable bonds is 4. The summed E-state index contributed by atoms with van der Waals surface area (Å²) in [6.45, 7) is 2.34. The molecule has 3 aromatic rings. The van der Waals surface area contributed by atoms with Gasteiger partial charge in [0, 0.05) is 6.54 Å². The van der Waals surface area contributed by atoms with Crippen LogP contribution in [0.15, 0.2) is 77.7 Å². The smallest absolute Gasteiger partial charge is 0.258 e. The maximum atomic E-state index is 12.6. The van der Waals surface area contributed by atoms with Crippen molar-refractivity contribution < 1.29 is 13.2 Å². The van der Waals surface area contributed by atoms with Gasteiger partial charge in [-0.3, -0.25) is 4.79 Å². The number of benzene rings is 3. The molecule has 0 saturated heterocycles. The second-order valence-corrected chi connectivity index (χ2v) is 8.66. The van der Waals surface area contributed by atoms with E-state index in [4.69, 9.17) is 0 Å². The summed E-state index contributed by atoms with van der Waals surface area (Å²) in [4.78, 5) is 12.7. The van der Waals surface area contributed by atoms with Crippen LogP contribution in [0, 0.1) is 6.92 Å². The van der Waals surface area contributed by atoms with Crippen molar-refractivity contribution in [1.82, 2.24) is 10.0 Å². The molecule has 6 nitrogen and oxygen atoms in total. The Balaban J connectivity index is 1.46. The van der Waals surface area contributed by atoms with Crippen LogP contribution in [0.1, 0.15) is 11.1 Å². The third-order valence-corrected chi connectivity index (χ3v) is 6.24. The molecule has 1 aliphatic rings. The van der Waals surface area contributed by atoms with Crippen molar-refractivity contribution in [1.29, 1.82) is 0 Å². The van der Waals surface area contributed by atoms with Gasteiger partial charge in [0.05, 0.1) is 5.69 Å². The van der Waals surface area contributed by atoms with Gasteiger partial charge in [0.1, 0.15) is 4.90 Å². The van der Waals surface area contributed by atoms with Crippen LogP contribution >= 0.6 is 0 Å². The lowest BCUT2D eigenvalue weighted by molar-refractivity contribution is -0.122. The summed E-state index contributed by atoms with van der Waals surface area (Å²) in [7, 11) is -3.74. The molecule has 0 radical (unpaired) electrons. The van der Waals surface area contributed by atoms with Gasteiger partial charge in [-0.1, -0.05) is 60.2 Å². The monoisotopic (exact) mass is 407 g/mol. The van der Waals surface area contributed by atoms with Gasteiger partial charge < -0.3 is 10.6 Å². The normalized spacial score (nSPS) is 17.1. The summed E-state index contributed by atoms with van der Waals surface area (Å²) in [5, 5.41) is 5.73. The van der Waals surface area contributed by atoms with Crippen molar-refractivity contribution in [2.45, 2.75) is 24.5 Å². The summed E-state index contributed by atoms with van der Waals surface area (Å²) in [6.07, 6.45) is -1.06. The quantitative estimate of drug-likeness (QED) is 0.620. The van der Waals surface area contributed by atoms with Gasteiger partial charge in [-0.25, -0.2) is 8.42 Å². The highest BCUT2D eigenvalue weighted by atomic mass is 32.2. The lowest BCUT2D eigenvalue weighted by Gasteiger charge is -2.27. The van der Waals surface area contributed by atoms with Crippen molar-refractivity contribution in [2.75, 3.05) is 5.32 Å². The molecule has 0 fully saturated rings. The number of anilines is 1. The first-order valence-corrected chi connectivity index (χ1v) is 10.7. The fourth-order valence-electron chi connectivity index (χ4n) is 3.32. The second-order valence-electron chi connectivity index (χ2n) is 6.98. The molecule has 0 aliphatic carbocycles. The van der Waals surface area contributed by atoms with Gasteiger partial charge >= 0.3 is 0 Å². The number of amides is 1. The Labute approximate surface area is 170 Å². The van der Waals surface area contributed by atoms with Gasteiger partial charge in [-0.2, -0.15) is 4.72 Å². The average molecular weight is 407 g/mol. The lowest BCUT2D eigenvalue weighted by atomic mass is 10.0. The van der Waals surface area contributed by atoms with Crippen LogP contribution in [-0.4, -0.2) is 20.5 Å². The minimum Gasteiger partial charge on any atom is -0.360 e. The topological polar surface area (TPSA) is 87.3 Å². The first kappa shape index (κ1) is 19.2. The van der Waals surface area contributed by atoms with Crippen LogP contribution < -0.4 is 15.4 Å². The van der Waals surface area contributed by atoms with Gasteiger partial charge in [0.15, 0.2) is 6.17 Å². The fourth-order valence-corrected chi connectivity index (χ4v) is 4.60. The molecule has 1 atom stereocenters. The highest BCUT2D eigenvalue weighted by molar-refractivity contribution is 7.89. The van der Waals surface area contributed by atoms with E-state index in [1.165, 1.54) is 11.6 Å². The maximum Gasteiger partial charge on any atom is 0.258 e. The molecule has 3 aromatic carbocycles. The van der Waals surface area contributed by atoms with Crippen molar-refractivity contribution in [3.8, 4) is 11.1 Å². The summed E-state index contributed by atoms with van der Waals surface area (Å²) < 4.78 is 27.1. The molecular formula is C22H21N3O3S. The highest BCUT2D eigenvalue weighted by Crippen LogP contribution is 2.25. The number of carbonyl (C=O) groups is 1. The summed E-state index contributed by atoms with van der Waals surface area (Å²) >= 11 is 0. The standard InChI is InChI=1S/C22H21N3O3S/c1-15-6-4-8-17(12-15)18-9-5-7-16(13-18)14-23-22(26)21-24-19-10-2-3-11-20(19)29(27,28)25-21/h2-13,21,24-25H,14H2,1H3,(H,23,26). The summed E-state index contributed by atoms with van der Waals surface area (Å²) in [5.41, 5.74) is 4.68. The molecule has 1 unspecified atom stereocenters.